The molecule has 2 nitrogen and oxygen atoms in total. The Morgan fingerprint density at radius 2 is 1.25 bits per heavy atom. The summed E-state index contributed by atoms with van der Waals surface area (Å²) in [4.78, 5) is 0. The lowest BCUT2D eigenvalue weighted by Crippen LogP contribution is -1.98. The molecule has 0 amide bonds. The van der Waals surface area contributed by atoms with Crippen molar-refractivity contribution in [3.05, 3.63) is 61.2 Å². The van der Waals surface area contributed by atoms with Crippen LogP contribution in [0.5, 0.6) is 0 Å². The van der Waals surface area contributed by atoms with E-state index in [0.717, 1.165) is 22.5 Å². The largest absolute Gasteiger partial charge is 0.351 e. The molecule has 0 unspecified atom stereocenters. The fraction of sp³-hybridized carbons (Fsp3) is 0.143. The molecule has 0 atom stereocenters. The van der Waals surface area contributed by atoms with Crippen LogP contribution in [-0.4, -0.2) is 9.13 Å². The third-order valence-corrected chi connectivity index (χ3v) is 2.87. The van der Waals surface area contributed by atoms with Crippen LogP contribution in [0.1, 0.15) is 11.4 Å². The highest BCUT2D eigenvalue weighted by Gasteiger charge is 2.10. The van der Waals surface area contributed by atoms with Gasteiger partial charge in [-0.15, -0.1) is 0 Å². The number of nitrogens with zero attached hydrogens (tertiary/aromatic N) is 2. The van der Waals surface area contributed by atoms with Crippen molar-refractivity contribution in [2.45, 2.75) is 0 Å². The van der Waals surface area contributed by atoms with Crippen LogP contribution in [-0.2, 0) is 14.1 Å². The zero-order valence-corrected chi connectivity index (χ0v) is 9.77. The van der Waals surface area contributed by atoms with Crippen molar-refractivity contribution in [1.82, 2.24) is 9.13 Å². The van der Waals surface area contributed by atoms with Crippen molar-refractivity contribution < 1.29 is 0 Å². The lowest BCUT2D eigenvalue weighted by molar-refractivity contribution is 0.902. The molecule has 0 saturated heterocycles. The molecular formula is C14H16N2. The molecule has 2 heteroatoms. The number of rotatable bonds is 3. The number of aromatic nitrogens is 2. The Morgan fingerprint density at radius 3 is 1.50 bits per heavy atom. The second kappa shape index (κ2) is 3.89. The molecule has 2 aromatic rings. The Balaban J connectivity index is 2.34. The lowest BCUT2D eigenvalue weighted by Gasteiger charge is -2.11. The van der Waals surface area contributed by atoms with Crippen LogP contribution in [0.3, 0.4) is 0 Å². The van der Waals surface area contributed by atoms with Crippen molar-refractivity contribution in [2.75, 3.05) is 0 Å². The van der Waals surface area contributed by atoms with Crippen molar-refractivity contribution >= 4 is 11.1 Å². The van der Waals surface area contributed by atoms with Crippen LogP contribution in [0.15, 0.2) is 49.8 Å². The maximum atomic E-state index is 4.12. The van der Waals surface area contributed by atoms with Gasteiger partial charge in [-0.3, -0.25) is 0 Å². The van der Waals surface area contributed by atoms with Gasteiger partial charge in [0.05, 0.1) is 0 Å². The van der Waals surface area contributed by atoms with Gasteiger partial charge in [0.2, 0.25) is 0 Å². The molecule has 0 N–H and O–H groups in total. The molecule has 0 aromatic carbocycles. The summed E-state index contributed by atoms with van der Waals surface area (Å²) >= 11 is 0. The number of allylic oxidation sites excluding steroid dienone is 2. The summed E-state index contributed by atoms with van der Waals surface area (Å²) in [5, 5.41) is 0. The van der Waals surface area contributed by atoms with E-state index in [0.29, 0.717) is 0 Å². The first-order chi connectivity index (χ1) is 7.61. The Kier molecular flexibility index (Phi) is 2.57. The monoisotopic (exact) mass is 212 g/mol. The van der Waals surface area contributed by atoms with Gasteiger partial charge in [0.25, 0.3) is 0 Å². The highest BCUT2D eigenvalue weighted by Crippen LogP contribution is 2.27. The minimum Gasteiger partial charge on any atom is -0.351 e. The number of hydrogen-bond acceptors (Lipinski definition) is 0. The minimum atomic E-state index is 0.967. The smallest absolute Gasteiger partial charge is 0.0478 e. The standard InChI is InChI=1S/C14H16N2/c1-11(13-7-5-9-15(13)3)12(2)14-8-6-10-16(14)4/h5-10H,1-2H2,3-4H3. The van der Waals surface area contributed by atoms with Gasteiger partial charge >= 0.3 is 0 Å². The van der Waals surface area contributed by atoms with Gasteiger partial charge in [0, 0.05) is 37.9 Å². The molecule has 0 aliphatic rings. The van der Waals surface area contributed by atoms with Gasteiger partial charge in [0.15, 0.2) is 0 Å². The third kappa shape index (κ3) is 1.63. The van der Waals surface area contributed by atoms with Crippen LogP contribution in [0.25, 0.3) is 11.1 Å². The Labute approximate surface area is 96.1 Å². The van der Waals surface area contributed by atoms with Gasteiger partial charge < -0.3 is 9.13 Å². The zero-order chi connectivity index (χ0) is 11.7. The van der Waals surface area contributed by atoms with E-state index in [9.17, 15) is 0 Å². The average Bonchev–Trinajstić information content (AvgIpc) is 2.85. The average molecular weight is 212 g/mol. The summed E-state index contributed by atoms with van der Waals surface area (Å²) < 4.78 is 4.10. The SMILES string of the molecule is C=C(C(=C)c1cccn1C)c1cccn1C. The van der Waals surface area contributed by atoms with Gasteiger partial charge in [0.1, 0.15) is 0 Å². The van der Waals surface area contributed by atoms with E-state index < -0.39 is 0 Å². The molecule has 2 rings (SSSR count). The van der Waals surface area contributed by atoms with E-state index >= 15 is 0 Å². The lowest BCUT2D eigenvalue weighted by atomic mass is 10.0. The van der Waals surface area contributed by atoms with Crippen LogP contribution in [0.4, 0.5) is 0 Å². The summed E-state index contributed by atoms with van der Waals surface area (Å²) in [5.41, 5.74) is 4.14. The van der Waals surface area contributed by atoms with Gasteiger partial charge in [-0.05, 0) is 35.4 Å². The van der Waals surface area contributed by atoms with Gasteiger partial charge in [-0.25, -0.2) is 0 Å². The molecule has 2 aromatic heterocycles. The first-order valence-electron chi connectivity index (χ1n) is 5.23. The second-order valence-corrected chi connectivity index (χ2v) is 3.97. The van der Waals surface area contributed by atoms with E-state index in [1.807, 2.05) is 38.6 Å². The molecule has 0 bridgehead atoms. The molecule has 0 aliphatic heterocycles. The molecule has 82 valence electrons. The summed E-state index contributed by atoms with van der Waals surface area (Å²) in [5.74, 6) is 0. The molecule has 0 fully saturated rings. The highest BCUT2D eigenvalue weighted by molar-refractivity contribution is 6.01. The Bertz CT molecular complexity index is 490. The van der Waals surface area contributed by atoms with Crippen LogP contribution < -0.4 is 0 Å². The number of aryl methyl sites for hydroxylation is 2. The van der Waals surface area contributed by atoms with Crippen LogP contribution in [0, 0.1) is 0 Å². The summed E-state index contributed by atoms with van der Waals surface area (Å²) in [7, 11) is 4.03. The zero-order valence-electron chi connectivity index (χ0n) is 9.77. The molecule has 0 aliphatic carbocycles. The maximum Gasteiger partial charge on any atom is 0.0478 e. The predicted octanol–water partition coefficient (Wildman–Crippen LogP) is 3.09. The predicted molar refractivity (Wildman–Crippen MR) is 68.9 cm³/mol. The quantitative estimate of drug-likeness (QED) is 0.692. The summed E-state index contributed by atoms with van der Waals surface area (Å²) in [6, 6.07) is 8.13. The van der Waals surface area contributed by atoms with E-state index in [2.05, 4.69) is 34.4 Å². The molecule has 2 heterocycles. The topological polar surface area (TPSA) is 9.86 Å². The van der Waals surface area contributed by atoms with Crippen LogP contribution in [0.2, 0.25) is 0 Å². The molecule has 0 spiro atoms. The summed E-state index contributed by atoms with van der Waals surface area (Å²) in [6.45, 7) is 8.24. The van der Waals surface area contributed by atoms with Gasteiger partial charge in [-0.2, -0.15) is 0 Å². The number of hydrogen-bond donors (Lipinski definition) is 0. The fourth-order valence-electron chi connectivity index (χ4n) is 1.86. The van der Waals surface area contributed by atoms with Crippen molar-refractivity contribution in [2.24, 2.45) is 14.1 Å². The van der Waals surface area contributed by atoms with E-state index in [4.69, 9.17) is 0 Å². The van der Waals surface area contributed by atoms with Crippen molar-refractivity contribution in [3.8, 4) is 0 Å². The molecule has 0 saturated carbocycles. The maximum absolute atomic E-state index is 4.12. The molecular weight excluding hydrogens is 196 g/mol. The highest BCUT2D eigenvalue weighted by atomic mass is 14.9. The normalized spacial score (nSPS) is 10.4. The first kappa shape index (κ1) is 10.6. The van der Waals surface area contributed by atoms with Crippen LogP contribution >= 0.6 is 0 Å². The van der Waals surface area contributed by atoms with Gasteiger partial charge in [-0.1, -0.05) is 13.2 Å². The van der Waals surface area contributed by atoms with E-state index in [1.165, 1.54) is 0 Å². The molecule has 0 radical (unpaired) electrons. The minimum absolute atomic E-state index is 0.967. The molecule has 16 heavy (non-hydrogen) atoms. The second-order valence-electron chi connectivity index (χ2n) is 3.97. The van der Waals surface area contributed by atoms with E-state index in [1.54, 1.807) is 0 Å². The van der Waals surface area contributed by atoms with Crippen molar-refractivity contribution in [3.63, 3.8) is 0 Å². The Morgan fingerprint density at radius 1 is 0.875 bits per heavy atom. The van der Waals surface area contributed by atoms with E-state index in [-0.39, 0.29) is 0 Å². The summed E-state index contributed by atoms with van der Waals surface area (Å²) in [6.07, 6.45) is 4.03. The Hall–Kier alpha value is -1.96. The fourth-order valence-corrected chi connectivity index (χ4v) is 1.86. The first-order valence-corrected chi connectivity index (χ1v) is 5.23. The third-order valence-electron chi connectivity index (χ3n) is 2.87. The van der Waals surface area contributed by atoms with Crippen molar-refractivity contribution in [1.29, 1.82) is 0 Å².